The third-order valence-electron chi connectivity index (χ3n) is 3.46. The molecule has 2 aromatic rings. The van der Waals surface area contributed by atoms with Crippen LogP contribution >= 0.6 is 11.6 Å². The van der Waals surface area contributed by atoms with Crippen molar-refractivity contribution >= 4 is 33.2 Å². The van der Waals surface area contributed by atoms with Crippen LogP contribution in [0, 0.1) is 0 Å². The molecule has 0 fully saturated rings. The van der Waals surface area contributed by atoms with E-state index in [1.54, 1.807) is 19.1 Å². The lowest BCUT2D eigenvalue weighted by Crippen LogP contribution is -2.24. The van der Waals surface area contributed by atoms with E-state index in [-0.39, 0.29) is 22.8 Å². The Kier molecular flexibility index (Phi) is 6.47. The van der Waals surface area contributed by atoms with Crippen LogP contribution < -0.4 is 19.5 Å². The number of sulfonamides is 1. The molecule has 2 rings (SSSR count). The van der Waals surface area contributed by atoms with E-state index in [9.17, 15) is 13.2 Å². The van der Waals surface area contributed by atoms with Gasteiger partial charge in [0.1, 0.15) is 16.4 Å². The summed E-state index contributed by atoms with van der Waals surface area (Å²) in [5.74, 6) is 0.143. The second kappa shape index (κ2) is 8.39. The van der Waals surface area contributed by atoms with Crippen molar-refractivity contribution in [2.45, 2.75) is 11.8 Å². The molecule has 0 saturated carbocycles. The molecular weight excluding hydrogens is 380 g/mol. The molecule has 0 unspecified atom stereocenters. The number of methoxy groups -OCH3 is 2. The molecule has 9 heteroatoms. The summed E-state index contributed by atoms with van der Waals surface area (Å²) in [5.41, 5.74) is 0.613. The Morgan fingerprint density at radius 3 is 2.31 bits per heavy atom. The Balaban J connectivity index is 2.33. The molecule has 7 nitrogen and oxygen atoms in total. The van der Waals surface area contributed by atoms with Gasteiger partial charge >= 0.3 is 0 Å². The van der Waals surface area contributed by atoms with Crippen molar-refractivity contribution in [3.8, 4) is 11.5 Å². The minimum absolute atomic E-state index is 0.109. The molecule has 0 spiro atoms. The second-order valence-corrected chi connectivity index (χ2v) is 7.31. The maximum Gasteiger partial charge on any atom is 0.255 e. The Hall–Kier alpha value is -2.29. The summed E-state index contributed by atoms with van der Waals surface area (Å²) >= 11 is 6.04. The zero-order valence-electron chi connectivity index (χ0n) is 14.5. The highest BCUT2D eigenvalue weighted by molar-refractivity contribution is 7.89. The number of ether oxygens (including phenoxy) is 2. The number of nitrogens with one attached hydrogen (secondary N) is 2. The molecule has 0 aromatic heterocycles. The Labute approximate surface area is 157 Å². The second-order valence-electron chi connectivity index (χ2n) is 5.17. The fourth-order valence-electron chi connectivity index (χ4n) is 2.24. The summed E-state index contributed by atoms with van der Waals surface area (Å²) in [7, 11) is -0.941. The monoisotopic (exact) mass is 398 g/mol. The van der Waals surface area contributed by atoms with Gasteiger partial charge in [0.25, 0.3) is 5.91 Å². The predicted molar refractivity (Wildman–Crippen MR) is 99.8 cm³/mol. The highest BCUT2D eigenvalue weighted by Gasteiger charge is 2.21. The zero-order chi connectivity index (χ0) is 19.3. The van der Waals surface area contributed by atoms with E-state index in [0.717, 1.165) is 0 Å². The molecule has 0 aliphatic heterocycles. The van der Waals surface area contributed by atoms with Crippen molar-refractivity contribution in [3.05, 3.63) is 47.0 Å². The molecule has 2 aromatic carbocycles. The summed E-state index contributed by atoms with van der Waals surface area (Å²) in [6.45, 7) is 1.88. The zero-order valence-corrected chi connectivity index (χ0v) is 16.1. The van der Waals surface area contributed by atoms with E-state index in [1.807, 2.05) is 0 Å². The molecule has 0 heterocycles. The number of halogens is 1. The molecule has 0 bridgehead atoms. The van der Waals surface area contributed by atoms with Crippen LogP contribution in [0.2, 0.25) is 5.02 Å². The Bertz CT molecular complexity index is 915. The molecule has 2 N–H and O–H groups in total. The third-order valence-corrected chi connectivity index (χ3v) is 5.32. The minimum atomic E-state index is -3.79. The smallest absolute Gasteiger partial charge is 0.255 e. The maximum atomic E-state index is 12.5. The van der Waals surface area contributed by atoms with Crippen molar-refractivity contribution in [2.75, 3.05) is 26.1 Å². The number of amides is 1. The summed E-state index contributed by atoms with van der Waals surface area (Å²) in [6, 6.07) is 8.95. The van der Waals surface area contributed by atoms with E-state index >= 15 is 0 Å². The fourth-order valence-corrected chi connectivity index (χ4v) is 3.73. The first-order valence-corrected chi connectivity index (χ1v) is 9.51. The summed E-state index contributed by atoms with van der Waals surface area (Å²) < 4.78 is 37.1. The molecule has 140 valence electrons. The summed E-state index contributed by atoms with van der Waals surface area (Å²) in [5, 5.41) is 3.01. The third kappa shape index (κ3) is 4.46. The topological polar surface area (TPSA) is 93.7 Å². The molecule has 0 radical (unpaired) electrons. The first kappa shape index (κ1) is 20.0. The molecule has 1 amide bonds. The van der Waals surface area contributed by atoms with Crippen LogP contribution in [0.15, 0.2) is 41.3 Å². The van der Waals surface area contributed by atoms with Crippen LogP contribution in [-0.4, -0.2) is 35.1 Å². The number of carbonyl (C=O) groups is 1. The van der Waals surface area contributed by atoms with Gasteiger partial charge in [-0.05, 0) is 36.4 Å². The van der Waals surface area contributed by atoms with Gasteiger partial charge in [0, 0.05) is 17.8 Å². The Morgan fingerprint density at radius 2 is 1.73 bits per heavy atom. The maximum absolute atomic E-state index is 12.5. The minimum Gasteiger partial charge on any atom is -0.495 e. The molecule has 0 aliphatic rings. The van der Waals surface area contributed by atoms with Crippen LogP contribution in [0.25, 0.3) is 0 Å². The fraction of sp³-hybridized carbons (Fsp3) is 0.235. The van der Waals surface area contributed by atoms with Crippen molar-refractivity contribution in [2.24, 2.45) is 0 Å². The summed E-state index contributed by atoms with van der Waals surface area (Å²) in [4.78, 5) is 12.4. The highest BCUT2D eigenvalue weighted by Crippen LogP contribution is 2.28. The van der Waals surface area contributed by atoms with Crippen LogP contribution in [0.3, 0.4) is 0 Å². The van der Waals surface area contributed by atoms with Gasteiger partial charge in [-0.15, -0.1) is 0 Å². The van der Waals surface area contributed by atoms with Crippen molar-refractivity contribution in [1.29, 1.82) is 0 Å². The number of carbonyl (C=O) groups excluding carboxylic acids is 1. The van der Waals surface area contributed by atoms with Crippen LogP contribution in [-0.2, 0) is 10.0 Å². The number of hydrogen-bond donors (Lipinski definition) is 2. The lowest BCUT2D eigenvalue weighted by molar-refractivity contribution is 0.102. The van der Waals surface area contributed by atoms with Gasteiger partial charge in [0.15, 0.2) is 0 Å². The van der Waals surface area contributed by atoms with Gasteiger partial charge in [-0.25, -0.2) is 13.1 Å². The standard InChI is InChI=1S/C17H19ClN2O5S/c1-4-19-26(22,23)16-9-11(5-7-15(16)25-3)17(21)20-12-6-8-14(24-2)13(18)10-12/h5-10,19H,4H2,1-3H3,(H,20,21). The SMILES string of the molecule is CCNS(=O)(=O)c1cc(C(=O)Nc2ccc(OC)c(Cl)c2)ccc1OC. The lowest BCUT2D eigenvalue weighted by Gasteiger charge is -2.12. The number of rotatable bonds is 7. The molecule has 0 atom stereocenters. The molecule has 0 saturated heterocycles. The van der Waals surface area contributed by atoms with Crippen LogP contribution in [0.5, 0.6) is 11.5 Å². The molecule has 26 heavy (non-hydrogen) atoms. The number of benzene rings is 2. The van der Waals surface area contributed by atoms with E-state index in [2.05, 4.69) is 10.0 Å². The van der Waals surface area contributed by atoms with Crippen LogP contribution in [0.4, 0.5) is 5.69 Å². The normalized spacial score (nSPS) is 11.1. The van der Waals surface area contributed by atoms with Gasteiger partial charge in [-0.1, -0.05) is 18.5 Å². The predicted octanol–water partition coefficient (Wildman–Crippen LogP) is 2.91. The quantitative estimate of drug-likeness (QED) is 0.747. The van der Waals surface area contributed by atoms with Crippen molar-refractivity contribution in [1.82, 2.24) is 4.72 Å². The highest BCUT2D eigenvalue weighted by atomic mass is 35.5. The van der Waals surface area contributed by atoms with Crippen molar-refractivity contribution in [3.63, 3.8) is 0 Å². The largest absolute Gasteiger partial charge is 0.495 e. The average Bonchev–Trinajstić information content (AvgIpc) is 2.61. The molecule has 0 aliphatic carbocycles. The number of hydrogen-bond acceptors (Lipinski definition) is 5. The summed E-state index contributed by atoms with van der Waals surface area (Å²) in [6.07, 6.45) is 0. The first-order chi connectivity index (χ1) is 12.3. The van der Waals surface area contributed by atoms with Gasteiger partial charge in [-0.2, -0.15) is 0 Å². The first-order valence-electron chi connectivity index (χ1n) is 7.65. The van der Waals surface area contributed by atoms with Gasteiger partial charge in [-0.3, -0.25) is 4.79 Å². The molecular formula is C17H19ClN2O5S. The van der Waals surface area contributed by atoms with Crippen molar-refractivity contribution < 1.29 is 22.7 Å². The van der Waals surface area contributed by atoms with Crippen LogP contribution in [0.1, 0.15) is 17.3 Å². The number of anilines is 1. The lowest BCUT2D eigenvalue weighted by atomic mass is 10.2. The van der Waals surface area contributed by atoms with E-state index < -0.39 is 15.9 Å². The Morgan fingerprint density at radius 1 is 1.08 bits per heavy atom. The van der Waals surface area contributed by atoms with E-state index in [4.69, 9.17) is 21.1 Å². The van der Waals surface area contributed by atoms with E-state index in [1.165, 1.54) is 38.5 Å². The van der Waals surface area contributed by atoms with E-state index in [0.29, 0.717) is 16.5 Å². The van der Waals surface area contributed by atoms with Gasteiger partial charge in [0.05, 0.1) is 19.2 Å². The van der Waals surface area contributed by atoms with Gasteiger partial charge < -0.3 is 14.8 Å². The van der Waals surface area contributed by atoms with Gasteiger partial charge in [0.2, 0.25) is 10.0 Å². The average molecular weight is 399 g/mol.